The van der Waals surface area contributed by atoms with Crippen molar-refractivity contribution in [3.05, 3.63) is 45.1 Å². The van der Waals surface area contributed by atoms with Crippen LogP contribution in [0.4, 0.5) is 0 Å². The van der Waals surface area contributed by atoms with Gasteiger partial charge in [-0.2, -0.15) is 0 Å². The van der Waals surface area contributed by atoms with Crippen molar-refractivity contribution in [1.82, 2.24) is 15.3 Å². The van der Waals surface area contributed by atoms with Crippen molar-refractivity contribution in [3.63, 3.8) is 0 Å². The van der Waals surface area contributed by atoms with E-state index in [1.165, 1.54) is 0 Å². The fourth-order valence-electron chi connectivity index (χ4n) is 1.63. The summed E-state index contributed by atoms with van der Waals surface area (Å²) >= 11 is 4.97. The van der Waals surface area contributed by atoms with Crippen molar-refractivity contribution < 1.29 is 4.79 Å². The topological polar surface area (TPSA) is 57.8 Å². The molecule has 0 spiro atoms. The van der Waals surface area contributed by atoms with E-state index in [9.17, 15) is 4.79 Å². The van der Waals surface area contributed by atoms with Gasteiger partial charge in [-0.1, -0.05) is 6.92 Å². The third kappa shape index (κ3) is 4.04. The highest BCUT2D eigenvalue weighted by Gasteiger charge is 2.12. The number of amides is 1. The summed E-state index contributed by atoms with van der Waals surface area (Å²) in [5.41, 5.74) is 0. The van der Waals surface area contributed by atoms with Gasteiger partial charge in [-0.15, -0.1) is 11.3 Å². The first-order valence-electron chi connectivity index (χ1n) is 5.92. The molecule has 1 atom stereocenters. The molecule has 0 radical (unpaired) electrons. The molecule has 0 saturated carbocycles. The largest absolute Gasteiger partial charge is 0.347 e. The van der Waals surface area contributed by atoms with Crippen LogP contribution in [0.25, 0.3) is 6.08 Å². The Morgan fingerprint density at radius 3 is 3.05 bits per heavy atom. The van der Waals surface area contributed by atoms with Gasteiger partial charge in [0, 0.05) is 23.3 Å². The summed E-state index contributed by atoms with van der Waals surface area (Å²) in [6.07, 6.45) is 7.58. The van der Waals surface area contributed by atoms with E-state index in [0.29, 0.717) is 0 Å². The average Bonchev–Trinajstić information content (AvgIpc) is 3.05. The molecule has 0 aromatic carbocycles. The van der Waals surface area contributed by atoms with Crippen LogP contribution >= 0.6 is 27.3 Å². The monoisotopic (exact) mass is 339 g/mol. The Morgan fingerprint density at radius 1 is 1.63 bits per heavy atom. The number of aromatic nitrogens is 2. The van der Waals surface area contributed by atoms with Crippen LogP contribution < -0.4 is 5.32 Å². The van der Waals surface area contributed by atoms with Gasteiger partial charge < -0.3 is 10.3 Å². The Bertz CT molecular complexity index is 562. The van der Waals surface area contributed by atoms with Crippen molar-refractivity contribution in [2.45, 2.75) is 19.4 Å². The number of thiophene rings is 1. The third-order valence-corrected chi connectivity index (χ3v) is 4.16. The van der Waals surface area contributed by atoms with Crippen molar-refractivity contribution in [3.8, 4) is 0 Å². The number of hydrogen-bond acceptors (Lipinski definition) is 3. The minimum Gasteiger partial charge on any atom is -0.347 e. The molecular weight excluding hydrogens is 326 g/mol. The number of nitrogens with zero attached hydrogens (tertiary/aromatic N) is 1. The second-order valence-electron chi connectivity index (χ2n) is 3.92. The fourth-order valence-corrected chi connectivity index (χ4v) is 2.95. The molecule has 0 saturated heterocycles. The van der Waals surface area contributed by atoms with Crippen molar-refractivity contribution in [2.75, 3.05) is 0 Å². The quantitative estimate of drug-likeness (QED) is 0.819. The Labute approximate surface area is 124 Å². The Hall–Kier alpha value is -1.40. The molecule has 6 heteroatoms. The molecule has 4 nitrogen and oxygen atoms in total. The predicted molar refractivity (Wildman–Crippen MR) is 80.8 cm³/mol. The number of nitrogens with one attached hydrogen (secondary N) is 2. The van der Waals surface area contributed by atoms with E-state index in [4.69, 9.17) is 0 Å². The molecule has 2 aromatic rings. The number of H-pyrrole nitrogens is 1. The van der Waals surface area contributed by atoms with Crippen LogP contribution in [0, 0.1) is 0 Å². The summed E-state index contributed by atoms with van der Waals surface area (Å²) in [6, 6.07) is 3.84. The molecule has 19 heavy (non-hydrogen) atoms. The number of hydrogen-bond donors (Lipinski definition) is 2. The van der Waals surface area contributed by atoms with E-state index in [2.05, 4.69) is 31.2 Å². The van der Waals surface area contributed by atoms with Crippen LogP contribution in [0.15, 0.2) is 34.4 Å². The number of carbonyl (C=O) groups excluding carboxylic acids is 1. The number of halogens is 1. The highest BCUT2D eigenvalue weighted by atomic mass is 79.9. The van der Waals surface area contributed by atoms with Gasteiger partial charge in [0.25, 0.3) is 0 Å². The van der Waals surface area contributed by atoms with Crippen LogP contribution in [0.3, 0.4) is 0 Å². The smallest absolute Gasteiger partial charge is 0.244 e. The number of rotatable bonds is 5. The lowest BCUT2D eigenvalue weighted by molar-refractivity contribution is -0.117. The van der Waals surface area contributed by atoms with Gasteiger partial charge >= 0.3 is 0 Å². The van der Waals surface area contributed by atoms with Crippen molar-refractivity contribution in [1.29, 1.82) is 0 Å². The normalized spacial score (nSPS) is 12.7. The summed E-state index contributed by atoms with van der Waals surface area (Å²) in [7, 11) is 0. The highest BCUT2D eigenvalue weighted by Crippen LogP contribution is 2.23. The van der Waals surface area contributed by atoms with Crippen LogP contribution in [0.2, 0.25) is 0 Å². The van der Waals surface area contributed by atoms with Crippen LogP contribution in [-0.4, -0.2) is 15.9 Å². The van der Waals surface area contributed by atoms with Crippen molar-refractivity contribution >= 4 is 39.2 Å². The standard InChI is InChI=1S/C13H14BrN3OS/c1-2-10(13-15-7-8-16-13)17-12(18)6-4-9-3-5-11(14)19-9/h3-8,10H,2H2,1H3,(H,15,16)(H,17,18)/b6-4+. The lowest BCUT2D eigenvalue weighted by atomic mass is 10.2. The maximum Gasteiger partial charge on any atom is 0.244 e. The van der Waals surface area contributed by atoms with Gasteiger partial charge in [-0.25, -0.2) is 4.98 Å². The summed E-state index contributed by atoms with van der Waals surface area (Å²) < 4.78 is 1.05. The maximum atomic E-state index is 11.8. The minimum atomic E-state index is -0.118. The first-order valence-corrected chi connectivity index (χ1v) is 7.53. The van der Waals surface area contributed by atoms with Crippen molar-refractivity contribution in [2.24, 2.45) is 0 Å². The number of aromatic amines is 1. The molecule has 2 heterocycles. The summed E-state index contributed by atoms with van der Waals surface area (Å²) in [5.74, 6) is 0.663. The second-order valence-corrected chi connectivity index (χ2v) is 6.41. The van der Waals surface area contributed by atoms with E-state index in [1.807, 2.05) is 19.1 Å². The van der Waals surface area contributed by atoms with Gasteiger partial charge in [0.1, 0.15) is 5.82 Å². The summed E-state index contributed by atoms with van der Waals surface area (Å²) in [4.78, 5) is 20.1. The zero-order valence-corrected chi connectivity index (χ0v) is 12.8. The number of imidazole rings is 1. The molecule has 0 aliphatic heterocycles. The second kappa shape index (κ2) is 6.68. The lowest BCUT2D eigenvalue weighted by Crippen LogP contribution is -2.27. The zero-order valence-electron chi connectivity index (χ0n) is 10.4. The predicted octanol–water partition coefficient (Wildman–Crippen LogP) is 3.51. The average molecular weight is 340 g/mol. The Morgan fingerprint density at radius 2 is 2.47 bits per heavy atom. The molecule has 2 aromatic heterocycles. The molecule has 0 bridgehead atoms. The van der Waals surface area contributed by atoms with E-state index < -0.39 is 0 Å². The van der Waals surface area contributed by atoms with Gasteiger partial charge in [-0.05, 0) is 40.6 Å². The molecule has 0 aliphatic carbocycles. The molecule has 0 aliphatic rings. The van der Waals surface area contributed by atoms with Crippen LogP contribution in [0.1, 0.15) is 30.1 Å². The van der Waals surface area contributed by atoms with Crippen LogP contribution in [-0.2, 0) is 4.79 Å². The van der Waals surface area contributed by atoms with Gasteiger partial charge in [0.15, 0.2) is 0 Å². The molecule has 2 N–H and O–H groups in total. The fraction of sp³-hybridized carbons (Fsp3) is 0.231. The molecule has 2 rings (SSSR count). The number of carbonyl (C=O) groups is 1. The van der Waals surface area contributed by atoms with Crippen LogP contribution in [0.5, 0.6) is 0 Å². The Kier molecular flexibility index (Phi) is 4.93. The molecule has 0 fully saturated rings. The Balaban J connectivity index is 1.95. The lowest BCUT2D eigenvalue weighted by Gasteiger charge is -2.12. The van der Waals surface area contributed by atoms with Gasteiger partial charge in [0.2, 0.25) is 5.91 Å². The maximum absolute atomic E-state index is 11.8. The summed E-state index contributed by atoms with van der Waals surface area (Å²) in [6.45, 7) is 2.01. The van der Waals surface area contributed by atoms with E-state index >= 15 is 0 Å². The molecule has 1 unspecified atom stereocenters. The van der Waals surface area contributed by atoms with E-state index in [-0.39, 0.29) is 11.9 Å². The van der Waals surface area contributed by atoms with E-state index in [0.717, 1.165) is 20.9 Å². The summed E-state index contributed by atoms with van der Waals surface area (Å²) in [5, 5.41) is 2.92. The minimum absolute atomic E-state index is 0.0813. The molecule has 100 valence electrons. The first-order chi connectivity index (χ1) is 9.19. The highest BCUT2D eigenvalue weighted by molar-refractivity contribution is 9.11. The molecular formula is C13H14BrN3OS. The zero-order chi connectivity index (χ0) is 13.7. The SMILES string of the molecule is CCC(NC(=O)/C=C/c1ccc(Br)s1)c1ncc[nH]1. The molecule has 1 amide bonds. The third-order valence-electron chi connectivity index (χ3n) is 2.57. The first kappa shape index (κ1) is 14.0. The van der Waals surface area contributed by atoms with Gasteiger partial charge in [0.05, 0.1) is 9.83 Å². The van der Waals surface area contributed by atoms with E-state index in [1.54, 1.807) is 35.9 Å². The van der Waals surface area contributed by atoms with Gasteiger partial charge in [-0.3, -0.25) is 4.79 Å².